The lowest BCUT2D eigenvalue weighted by Gasteiger charge is -2.11. The number of nitrogens with zero attached hydrogens (tertiary/aromatic N) is 2. The van der Waals surface area contributed by atoms with Crippen molar-refractivity contribution in [1.82, 2.24) is 9.55 Å². The summed E-state index contributed by atoms with van der Waals surface area (Å²) in [6.45, 7) is 3.68. The molecule has 0 unspecified atom stereocenters. The molecule has 0 aliphatic rings. The molecule has 2 aromatic rings. The molecule has 0 atom stereocenters. The number of aromatic nitrogens is 2. The van der Waals surface area contributed by atoms with E-state index in [0.717, 1.165) is 35.7 Å². The third-order valence-corrected chi connectivity index (χ3v) is 3.21. The van der Waals surface area contributed by atoms with Crippen LogP contribution in [0.15, 0.2) is 35.1 Å². The van der Waals surface area contributed by atoms with Crippen LogP contribution in [0.4, 0.5) is 5.95 Å². The fourth-order valence-corrected chi connectivity index (χ4v) is 2.51. The number of methoxy groups -OCH3 is 1. The van der Waals surface area contributed by atoms with Gasteiger partial charge in [0.05, 0.1) is 0 Å². The third-order valence-electron chi connectivity index (χ3n) is 2.75. The van der Waals surface area contributed by atoms with E-state index in [0.29, 0.717) is 0 Å². The highest BCUT2D eigenvalue weighted by atomic mass is 79.9. The topological polar surface area (TPSA) is 39.1 Å². The number of hydrogen-bond acceptors (Lipinski definition) is 3. The highest BCUT2D eigenvalue weighted by Crippen LogP contribution is 2.21. The molecule has 5 heteroatoms. The van der Waals surface area contributed by atoms with Crippen molar-refractivity contribution in [2.75, 3.05) is 25.6 Å². The molecule has 0 spiro atoms. The second kappa shape index (κ2) is 6.73. The first-order valence-corrected chi connectivity index (χ1v) is 7.04. The van der Waals surface area contributed by atoms with Crippen LogP contribution in [0.3, 0.4) is 0 Å². The summed E-state index contributed by atoms with van der Waals surface area (Å²) in [7, 11) is 1.71. The van der Waals surface area contributed by atoms with Gasteiger partial charge in [0.25, 0.3) is 0 Å². The molecule has 0 radical (unpaired) electrons. The summed E-state index contributed by atoms with van der Waals surface area (Å²) in [6, 6.07) is 6.30. The molecule has 0 aliphatic heterocycles. The van der Waals surface area contributed by atoms with E-state index in [1.165, 1.54) is 5.56 Å². The van der Waals surface area contributed by atoms with Gasteiger partial charge in [-0.3, -0.25) is 4.57 Å². The Morgan fingerprint density at radius 1 is 1.37 bits per heavy atom. The number of imidazole rings is 1. The lowest BCUT2D eigenvalue weighted by Crippen LogP contribution is -2.09. The molecule has 0 bridgehead atoms. The van der Waals surface area contributed by atoms with Crippen molar-refractivity contribution in [2.45, 2.75) is 13.3 Å². The fourth-order valence-electron chi connectivity index (χ4n) is 1.92. The first-order valence-electron chi connectivity index (χ1n) is 6.24. The number of ether oxygens (including phenoxy) is 1. The number of rotatable bonds is 6. The van der Waals surface area contributed by atoms with Crippen molar-refractivity contribution in [2.24, 2.45) is 0 Å². The minimum Gasteiger partial charge on any atom is -0.385 e. The molecule has 4 nitrogen and oxygen atoms in total. The summed E-state index contributed by atoms with van der Waals surface area (Å²) in [6.07, 6.45) is 4.72. The molecular weight excluding hydrogens is 306 g/mol. The zero-order valence-corrected chi connectivity index (χ0v) is 12.8. The van der Waals surface area contributed by atoms with Crippen molar-refractivity contribution < 1.29 is 4.74 Å². The van der Waals surface area contributed by atoms with Crippen molar-refractivity contribution in [1.29, 1.82) is 0 Å². The van der Waals surface area contributed by atoms with E-state index in [1.54, 1.807) is 13.3 Å². The summed E-state index contributed by atoms with van der Waals surface area (Å²) < 4.78 is 8.15. The predicted molar refractivity (Wildman–Crippen MR) is 81.0 cm³/mol. The largest absolute Gasteiger partial charge is 0.385 e. The highest BCUT2D eigenvalue weighted by molar-refractivity contribution is 9.10. The van der Waals surface area contributed by atoms with Gasteiger partial charge in [0, 0.05) is 42.8 Å². The number of hydrogen-bond donors (Lipinski definition) is 1. The van der Waals surface area contributed by atoms with Gasteiger partial charge in [0.15, 0.2) is 0 Å². The Balaban J connectivity index is 2.14. The maximum atomic E-state index is 5.03. The van der Waals surface area contributed by atoms with Crippen molar-refractivity contribution in [3.05, 3.63) is 40.6 Å². The van der Waals surface area contributed by atoms with Crippen LogP contribution in [0, 0.1) is 6.92 Å². The standard InChI is InChI=1S/C14H18BrN3O/c1-11-8-12(15)10-13(9-11)18-6-5-17-14(18)16-4-3-7-19-2/h5-6,8-10H,3-4,7H2,1-2H3,(H,16,17). The van der Waals surface area contributed by atoms with Crippen molar-refractivity contribution >= 4 is 21.9 Å². The van der Waals surface area contributed by atoms with Crippen LogP contribution < -0.4 is 5.32 Å². The maximum absolute atomic E-state index is 5.03. The SMILES string of the molecule is COCCCNc1nccn1-c1cc(C)cc(Br)c1. The molecule has 0 saturated heterocycles. The van der Waals surface area contributed by atoms with Crippen LogP contribution in [-0.2, 0) is 4.74 Å². The molecule has 1 N–H and O–H groups in total. The highest BCUT2D eigenvalue weighted by Gasteiger charge is 2.05. The molecule has 0 aliphatic carbocycles. The second-order valence-electron chi connectivity index (χ2n) is 4.38. The average Bonchev–Trinajstić information content (AvgIpc) is 2.82. The van der Waals surface area contributed by atoms with E-state index >= 15 is 0 Å². The lowest BCUT2D eigenvalue weighted by atomic mass is 10.2. The number of benzene rings is 1. The number of anilines is 1. The quantitative estimate of drug-likeness (QED) is 0.828. The molecule has 102 valence electrons. The number of nitrogens with one attached hydrogen (secondary N) is 1. The Morgan fingerprint density at radius 3 is 2.95 bits per heavy atom. The minimum absolute atomic E-state index is 0.754. The van der Waals surface area contributed by atoms with Crippen LogP contribution in [0.25, 0.3) is 5.69 Å². The second-order valence-corrected chi connectivity index (χ2v) is 5.30. The lowest BCUT2D eigenvalue weighted by molar-refractivity contribution is 0.197. The van der Waals surface area contributed by atoms with Gasteiger partial charge in [0.2, 0.25) is 5.95 Å². The summed E-state index contributed by atoms with van der Waals surface area (Å²) >= 11 is 3.53. The number of aryl methyl sites for hydroxylation is 1. The van der Waals surface area contributed by atoms with Crippen molar-refractivity contribution in [3.63, 3.8) is 0 Å². The van der Waals surface area contributed by atoms with Gasteiger partial charge >= 0.3 is 0 Å². The minimum atomic E-state index is 0.754. The van der Waals surface area contributed by atoms with E-state index in [2.05, 4.69) is 51.4 Å². The Morgan fingerprint density at radius 2 is 2.21 bits per heavy atom. The van der Waals surface area contributed by atoms with Gasteiger partial charge in [-0.2, -0.15) is 0 Å². The zero-order chi connectivity index (χ0) is 13.7. The summed E-state index contributed by atoms with van der Waals surface area (Å²) in [5.74, 6) is 0.855. The van der Waals surface area contributed by atoms with E-state index in [1.807, 2.05) is 10.8 Å². The Kier molecular flexibility index (Phi) is 4.99. The van der Waals surface area contributed by atoms with Crippen LogP contribution >= 0.6 is 15.9 Å². The van der Waals surface area contributed by atoms with Crippen LogP contribution in [0.1, 0.15) is 12.0 Å². The molecule has 2 rings (SSSR count). The van der Waals surface area contributed by atoms with E-state index < -0.39 is 0 Å². The fraction of sp³-hybridized carbons (Fsp3) is 0.357. The Bertz CT molecular complexity index is 519. The third kappa shape index (κ3) is 3.81. The van der Waals surface area contributed by atoms with Gasteiger partial charge in [-0.1, -0.05) is 15.9 Å². The molecule has 0 amide bonds. The smallest absolute Gasteiger partial charge is 0.207 e. The number of halogens is 1. The predicted octanol–water partition coefficient (Wildman–Crippen LogP) is 3.39. The van der Waals surface area contributed by atoms with Crippen LogP contribution in [-0.4, -0.2) is 29.8 Å². The van der Waals surface area contributed by atoms with E-state index in [9.17, 15) is 0 Å². The maximum Gasteiger partial charge on any atom is 0.207 e. The van der Waals surface area contributed by atoms with Gasteiger partial charge in [0.1, 0.15) is 0 Å². The molecule has 1 heterocycles. The first-order chi connectivity index (χ1) is 9.20. The molecule has 1 aromatic carbocycles. The summed E-state index contributed by atoms with van der Waals surface area (Å²) in [5, 5.41) is 3.32. The van der Waals surface area contributed by atoms with Crippen LogP contribution in [0.5, 0.6) is 0 Å². The molecule has 0 fully saturated rings. The average molecular weight is 324 g/mol. The normalized spacial score (nSPS) is 10.7. The zero-order valence-electron chi connectivity index (χ0n) is 11.2. The molecule has 19 heavy (non-hydrogen) atoms. The van der Waals surface area contributed by atoms with Gasteiger partial charge in [-0.25, -0.2) is 4.98 Å². The molecular formula is C14H18BrN3O. The Hall–Kier alpha value is -1.33. The summed E-state index contributed by atoms with van der Waals surface area (Å²) in [5.41, 5.74) is 2.31. The molecule has 1 aromatic heterocycles. The summed E-state index contributed by atoms with van der Waals surface area (Å²) in [4.78, 5) is 4.35. The van der Waals surface area contributed by atoms with E-state index in [-0.39, 0.29) is 0 Å². The van der Waals surface area contributed by atoms with Gasteiger partial charge in [-0.15, -0.1) is 0 Å². The van der Waals surface area contributed by atoms with Crippen LogP contribution in [0.2, 0.25) is 0 Å². The first kappa shape index (κ1) is 14.1. The van der Waals surface area contributed by atoms with Crippen molar-refractivity contribution in [3.8, 4) is 5.69 Å². The van der Waals surface area contributed by atoms with Gasteiger partial charge < -0.3 is 10.1 Å². The Labute approximate surface area is 121 Å². The monoisotopic (exact) mass is 323 g/mol. The molecule has 0 saturated carbocycles. The van der Waals surface area contributed by atoms with E-state index in [4.69, 9.17) is 4.74 Å². The van der Waals surface area contributed by atoms with Gasteiger partial charge in [-0.05, 0) is 37.1 Å².